The van der Waals surface area contributed by atoms with Gasteiger partial charge in [-0.25, -0.2) is 0 Å². The minimum atomic E-state index is -0.484. The third-order valence-electron chi connectivity index (χ3n) is 6.07. The maximum atomic E-state index is 12.8. The summed E-state index contributed by atoms with van der Waals surface area (Å²) < 4.78 is 0. The quantitative estimate of drug-likeness (QED) is 0.683. The van der Waals surface area contributed by atoms with Gasteiger partial charge in [0.25, 0.3) is 0 Å². The van der Waals surface area contributed by atoms with Gasteiger partial charge < -0.3 is 19.8 Å². The van der Waals surface area contributed by atoms with Gasteiger partial charge in [-0.15, -0.1) is 0 Å². The Balaban J connectivity index is 1.55. The van der Waals surface area contributed by atoms with Crippen LogP contribution in [0.2, 0.25) is 5.02 Å². The van der Waals surface area contributed by atoms with Crippen molar-refractivity contribution < 1.29 is 19.5 Å². The molecular weight excluding hydrogens is 430 g/mol. The van der Waals surface area contributed by atoms with Crippen LogP contribution in [0.3, 0.4) is 0 Å². The molecule has 0 aliphatic carbocycles. The van der Waals surface area contributed by atoms with Crippen molar-refractivity contribution in [1.82, 2.24) is 14.7 Å². The van der Waals surface area contributed by atoms with Crippen LogP contribution in [0, 0.1) is 5.92 Å². The number of benzene rings is 1. The van der Waals surface area contributed by atoms with Gasteiger partial charge in [0.2, 0.25) is 17.7 Å². The molecule has 1 aromatic rings. The highest BCUT2D eigenvalue weighted by molar-refractivity contribution is 6.30. The maximum Gasteiger partial charge on any atom is 0.246 e. The zero-order valence-electron chi connectivity index (χ0n) is 18.7. The first-order valence-corrected chi connectivity index (χ1v) is 11.6. The fourth-order valence-corrected chi connectivity index (χ4v) is 4.64. The van der Waals surface area contributed by atoms with Gasteiger partial charge in [-0.05, 0) is 43.0 Å². The average molecular weight is 462 g/mol. The third-order valence-corrected chi connectivity index (χ3v) is 6.31. The number of aliphatic hydroxyl groups excluding tert-OH is 1. The van der Waals surface area contributed by atoms with E-state index in [1.54, 1.807) is 32.9 Å². The second kappa shape index (κ2) is 11.0. The molecule has 2 aliphatic heterocycles. The number of piperidine rings is 1. The van der Waals surface area contributed by atoms with Gasteiger partial charge in [0.1, 0.15) is 0 Å². The van der Waals surface area contributed by atoms with E-state index in [2.05, 4.69) is 0 Å². The van der Waals surface area contributed by atoms with Crippen LogP contribution < -0.4 is 0 Å². The fraction of sp³-hybridized carbons (Fsp3) is 0.542. The van der Waals surface area contributed by atoms with E-state index >= 15 is 0 Å². The smallest absolute Gasteiger partial charge is 0.246 e. The van der Waals surface area contributed by atoms with Crippen molar-refractivity contribution >= 4 is 35.4 Å². The van der Waals surface area contributed by atoms with Gasteiger partial charge in [-0.1, -0.05) is 30.7 Å². The van der Waals surface area contributed by atoms with Crippen LogP contribution in [0.5, 0.6) is 0 Å². The van der Waals surface area contributed by atoms with Gasteiger partial charge in [0.15, 0.2) is 0 Å². The molecule has 2 heterocycles. The number of carbonyl (C=O) groups is 3. The first kappa shape index (κ1) is 24.3. The highest BCUT2D eigenvalue weighted by atomic mass is 35.5. The average Bonchev–Trinajstić information content (AvgIpc) is 2.87. The van der Waals surface area contributed by atoms with Crippen LogP contribution in [-0.2, 0) is 14.4 Å². The molecule has 0 spiro atoms. The topological polar surface area (TPSA) is 81.2 Å². The summed E-state index contributed by atoms with van der Waals surface area (Å²) in [6.07, 6.45) is 3.91. The van der Waals surface area contributed by atoms with E-state index in [1.807, 2.05) is 26.0 Å². The van der Waals surface area contributed by atoms with Gasteiger partial charge in [0, 0.05) is 62.7 Å². The minimum Gasteiger partial charge on any atom is -0.391 e. The number of likely N-dealkylation sites (tertiary alicyclic amines) is 1. The normalized spacial score (nSPS) is 24.7. The van der Waals surface area contributed by atoms with Crippen LogP contribution in [0.4, 0.5) is 0 Å². The predicted octanol–water partition coefficient (Wildman–Crippen LogP) is 2.42. The van der Waals surface area contributed by atoms with Crippen molar-refractivity contribution in [2.75, 3.05) is 32.7 Å². The summed E-state index contributed by atoms with van der Waals surface area (Å²) in [6, 6.07) is 7.08. The second-order valence-corrected chi connectivity index (χ2v) is 9.34. The van der Waals surface area contributed by atoms with Crippen LogP contribution >= 0.6 is 11.6 Å². The lowest BCUT2D eigenvalue weighted by Gasteiger charge is -2.35. The lowest BCUT2D eigenvalue weighted by molar-refractivity contribution is -0.137. The number of hydrogen-bond acceptors (Lipinski definition) is 4. The van der Waals surface area contributed by atoms with E-state index in [1.165, 1.54) is 6.08 Å². The standard InChI is InChI=1S/C24H32ClN3O4/c1-17-12-21(29)16-27(14-17)23(31)8-10-26-15-18(2)28(11-9-22(26)30)24(32)7-6-19-4-3-5-20(25)13-19/h3-7,13,17-18,21,29H,8-12,14-16H2,1-2H3/b7-6+/t17-,18+,21-/m0/s1. The zero-order chi connectivity index (χ0) is 23.3. The van der Waals surface area contributed by atoms with Crippen molar-refractivity contribution in [3.63, 3.8) is 0 Å². The molecule has 174 valence electrons. The number of carbonyl (C=O) groups excluding carboxylic acids is 3. The molecule has 2 saturated heterocycles. The first-order valence-electron chi connectivity index (χ1n) is 11.2. The van der Waals surface area contributed by atoms with E-state index in [0.717, 1.165) is 5.56 Å². The highest BCUT2D eigenvalue weighted by Crippen LogP contribution is 2.18. The summed E-state index contributed by atoms with van der Waals surface area (Å²) >= 11 is 5.99. The van der Waals surface area contributed by atoms with Crippen LogP contribution in [0.15, 0.2) is 30.3 Å². The number of rotatable bonds is 5. The van der Waals surface area contributed by atoms with Crippen molar-refractivity contribution in [3.8, 4) is 0 Å². The zero-order valence-corrected chi connectivity index (χ0v) is 19.5. The molecule has 0 bridgehead atoms. The second-order valence-electron chi connectivity index (χ2n) is 8.90. The van der Waals surface area contributed by atoms with Crippen LogP contribution in [0.1, 0.15) is 38.7 Å². The third kappa shape index (κ3) is 6.56. The van der Waals surface area contributed by atoms with Crippen LogP contribution in [-0.4, -0.2) is 82.4 Å². The SMILES string of the molecule is C[C@H]1C[C@H](O)CN(C(=O)CCN2C[C@@H](C)N(C(=O)/C=C/c3cccc(Cl)c3)CCC2=O)C1. The monoisotopic (exact) mass is 461 g/mol. The van der Waals surface area contributed by atoms with Gasteiger partial charge in [-0.2, -0.15) is 0 Å². The van der Waals surface area contributed by atoms with Crippen molar-refractivity contribution in [3.05, 3.63) is 40.9 Å². The fourth-order valence-electron chi connectivity index (χ4n) is 4.44. The van der Waals surface area contributed by atoms with Gasteiger partial charge in [-0.3, -0.25) is 14.4 Å². The number of amides is 3. The first-order chi connectivity index (χ1) is 15.2. The molecular formula is C24H32ClN3O4. The maximum absolute atomic E-state index is 12.8. The number of β-amino-alcohol motifs (C(OH)–C–C–N with tert-alkyl or cyclic N) is 1. The molecule has 3 rings (SSSR count). The molecule has 1 aromatic carbocycles. The Labute approximate surface area is 194 Å². The Bertz CT molecular complexity index is 865. The molecule has 3 amide bonds. The summed E-state index contributed by atoms with van der Waals surface area (Å²) in [5.74, 6) is 0.0186. The van der Waals surface area contributed by atoms with Crippen LogP contribution in [0.25, 0.3) is 6.08 Å². The summed E-state index contributed by atoms with van der Waals surface area (Å²) in [5.41, 5.74) is 0.835. The minimum absolute atomic E-state index is 0.0438. The molecule has 0 saturated carbocycles. The van der Waals surface area contributed by atoms with E-state index in [4.69, 9.17) is 11.6 Å². The largest absolute Gasteiger partial charge is 0.391 e. The van der Waals surface area contributed by atoms with E-state index in [-0.39, 0.29) is 42.5 Å². The Morgan fingerprint density at radius 2 is 2.00 bits per heavy atom. The van der Waals surface area contributed by atoms with E-state index < -0.39 is 6.10 Å². The Kier molecular flexibility index (Phi) is 8.32. The van der Waals surface area contributed by atoms with Gasteiger partial charge in [0.05, 0.1) is 6.10 Å². The van der Waals surface area contributed by atoms with Crippen molar-refractivity contribution in [2.45, 2.75) is 45.3 Å². The Hall–Kier alpha value is -2.38. The van der Waals surface area contributed by atoms with Crippen molar-refractivity contribution in [2.24, 2.45) is 5.92 Å². The lowest BCUT2D eigenvalue weighted by Crippen LogP contribution is -2.47. The lowest BCUT2D eigenvalue weighted by atomic mass is 9.98. The molecule has 32 heavy (non-hydrogen) atoms. The molecule has 2 aliphatic rings. The Morgan fingerprint density at radius 3 is 2.72 bits per heavy atom. The molecule has 3 atom stereocenters. The summed E-state index contributed by atoms with van der Waals surface area (Å²) in [6.45, 7) is 6.00. The van der Waals surface area contributed by atoms with E-state index in [9.17, 15) is 19.5 Å². The highest BCUT2D eigenvalue weighted by Gasteiger charge is 2.30. The molecule has 0 unspecified atom stereocenters. The number of hydrogen-bond donors (Lipinski definition) is 1. The summed E-state index contributed by atoms with van der Waals surface area (Å²) in [5, 5.41) is 10.5. The summed E-state index contributed by atoms with van der Waals surface area (Å²) in [4.78, 5) is 43.1. The van der Waals surface area contributed by atoms with E-state index in [0.29, 0.717) is 44.2 Å². The molecule has 0 aromatic heterocycles. The molecule has 8 heteroatoms. The summed E-state index contributed by atoms with van der Waals surface area (Å²) in [7, 11) is 0. The molecule has 0 radical (unpaired) electrons. The van der Waals surface area contributed by atoms with Gasteiger partial charge >= 0.3 is 0 Å². The predicted molar refractivity (Wildman–Crippen MR) is 124 cm³/mol. The molecule has 2 fully saturated rings. The number of aliphatic hydroxyl groups is 1. The molecule has 7 nitrogen and oxygen atoms in total. The number of halogens is 1. The number of nitrogens with zero attached hydrogens (tertiary/aromatic N) is 3. The van der Waals surface area contributed by atoms with Crippen molar-refractivity contribution in [1.29, 1.82) is 0 Å². The Morgan fingerprint density at radius 1 is 1.22 bits per heavy atom. The molecule has 1 N–H and O–H groups in total.